The van der Waals surface area contributed by atoms with Crippen molar-refractivity contribution in [1.29, 1.82) is 0 Å². The van der Waals surface area contributed by atoms with Gasteiger partial charge in [-0.15, -0.1) is 11.8 Å². The second-order valence-corrected chi connectivity index (χ2v) is 7.91. The SMILES string of the molecule is CSc1ccc(-c2nc3ccc(Cl)cn3c2NC2CCCCC2)cc1. The summed E-state index contributed by atoms with van der Waals surface area (Å²) in [6, 6.07) is 13.0. The van der Waals surface area contributed by atoms with Crippen LogP contribution in [0.4, 0.5) is 5.82 Å². The number of benzene rings is 1. The van der Waals surface area contributed by atoms with Crippen LogP contribution < -0.4 is 5.32 Å². The minimum absolute atomic E-state index is 0.511. The number of rotatable bonds is 4. The molecule has 1 aliphatic carbocycles. The molecule has 0 atom stereocenters. The number of aromatic nitrogens is 2. The van der Waals surface area contributed by atoms with Crippen LogP contribution in [0.1, 0.15) is 32.1 Å². The number of nitrogens with zero attached hydrogens (tertiary/aromatic N) is 2. The van der Waals surface area contributed by atoms with Crippen LogP contribution in [-0.2, 0) is 0 Å². The Hall–Kier alpha value is -1.65. The van der Waals surface area contributed by atoms with Crippen LogP contribution in [0.3, 0.4) is 0 Å². The van der Waals surface area contributed by atoms with E-state index in [0.717, 1.165) is 27.7 Å². The van der Waals surface area contributed by atoms with E-state index in [2.05, 4.69) is 40.2 Å². The van der Waals surface area contributed by atoms with Crippen LogP contribution in [0.2, 0.25) is 5.02 Å². The van der Waals surface area contributed by atoms with Crippen LogP contribution in [0, 0.1) is 0 Å². The van der Waals surface area contributed by atoms with Crippen LogP contribution in [0.25, 0.3) is 16.9 Å². The highest BCUT2D eigenvalue weighted by Gasteiger charge is 2.19. The highest BCUT2D eigenvalue weighted by atomic mass is 35.5. The molecular weight excluding hydrogens is 350 g/mol. The minimum Gasteiger partial charge on any atom is -0.367 e. The quantitative estimate of drug-likeness (QED) is 0.560. The minimum atomic E-state index is 0.511. The summed E-state index contributed by atoms with van der Waals surface area (Å²) in [6.45, 7) is 0. The van der Waals surface area contributed by atoms with E-state index in [1.54, 1.807) is 11.8 Å². The summed E-state index contributed by atoms with van der Waals surface area (Å²) in [5.41, 5.74) is 3.06. The Morgan fingerprint density at radius 3 is 2.56 bits per heavy atom. The van der Waals surface area contributed by atoms with E-state index < -0.39 is 0 Å². The molecular formula is C20H22ClN3S. The molecule has 2 heterocycles. The van der Waals surface area contributed by atoms with E-state index in [-0.39, 0.29) is 0 Å². The molecule has 5 heteroatoms. The zero-order valence-corrected chi connectivity index (χ0v) is 15.9. The molecule has 4 rings (SSSR count). The maximum absolute atomic E-state index is 6.25. The van der Waals surface area contributed by atoms with E-state index in [1.807, 2.05) is 18.3 Å². The Kier molecular flexibility index (Phi) is 4.91. The van der Waals surface area contributed by atoms with Gasteiger partial charge in [0.2, 0.25) is 0 Å². The number of imidazole rings is 1. The van der Waals surface area contributed by atoms with Crippen LogP contribution in [-0.4, -0.2) is 21.7 Å². The Bertz CT molecular complexity index is 867. The molecule has 0 spiro atoms. The second-order valence-electron chi connectivity index (χ2n) is 6.59. The van der Waals surface area contributed by atoms with Crippen molar-refractivity contribution in [3.05, 3.63) is 47.6 Å². The van der Waals surface area contributed by atoms with Gasteiger partial charge in [0.25, 0.3) is 0 Å². The molecule has 0 aliphatic heterocycles. The molecule has 130 valence electrons. The highest BCUT2D eigenvalue weighted by molar-refractivity contribution is 7.98. The Labute approximate surface area is 157 Å². The van der Waals surface area contributed by atoms with Crippen molar-refractivity contribution in [2.75, 3.05) is 11.6 Å². The molecule has 1 saturated carbocycles. The van der Waals surface area contributed by atoms with E-state index >= 15 is 0 Å². The summed E-state index contributed by atoms with van der Waals surface area (Å²) in [6.07, 6.45) is 10.4. The van der Waals surface area contributed by atoms with Gasteiger partial charge in [-0.2, -0.15) is 0 Å². The largest absolute Gasteiger partial charge is 0.367 e. The van der Waals surface area contributed by atoms with Gasteiger partial charge < -0.3 is 5.32 Å². The number of nitrogens with one attached hydrogen (secondary N) is 1. The van der Waals surface area contributed by atoms with Gasteiger partial charge >= 0.3 is 0 Å². The molecule has 0 saturated heterocycles. The van der Waals surface area contributed by atoms with Gasteiger partial charge in [0.05, 0.1) is 5.02 Å². The Balaban J connectivity index is 1.79. The average Bonchev–Trinajstić information content (AvgIpc) is 3.00. The summed E-state index contributed by atoms with van der Waals surface area (Å²) in [5.74, 6) is 1.06. The first kappa shape index (κ1) is 16.8. The fourth-order valence-electron chi connectivity index (χ4n) is 3.55. The Morgan fingerprint density at radius 2 is 1.84 bits per heavy atom. The summed E-state index contributed by atoms with van der Waals surface area (Å²) in [5, 5.41) is 4.49. The predicted molar refractivity (Wildman–Crippen MR) is 108 cm³/mol. The fraction of sp³-hybridized carbons (Fsp3) is 0.350. The van der Waals surface area contributed by atoms with Crippen molar-refractivity contribution >= 4 is 34.8 Å². The van der Waals surface area contributed by atoms with E-state index in [1.165, 1.54) is 37.0 Å². The van der Waals surface area contributed by atoms with Crippen LogP contribution in [0.5, 0.6) is 0 Å². The van der Waals surface area contributed by atoms with Gasteiger partial charge in [-0.1, -0.05) is 43.0 Å². The van der Waals surface area contributed by atoms with Gasteiger partial charge in [-0.25, -0.2) is 4.98 Å². The number of hydrogen-bond donors (Lipinski definition) is 1. The molecule has 3 aromatic rings. The number of thioether (sulfide) groups is 1. The third-order valence-corrected chi connectivity index (χ3v) is 5.86. The predicted octanol–water partition coefficient (Wildman–Crippen LogP) is 6.12. The molecule has 0 bridgehead atoms. The highest BCUT2D eigenvalue weighted by Crippen LogP contribution is 2.33. The van der Waals surface area contributed by atoms with Crippen LogP contribution >= 0.6 is 23.4 Å². The average molecular weight is 372 g/mol. The summed E-state index contributed by atoms with van der Waals surface area (Å²) in [4.78, 5) is 6.14. The monoisotopic (exact) mass is 371 g/mol. The van der Waals surface area contributed by atoms with Gasteiger partial charge in [0.1, 0.15) is 17.2 Å². The van der Waals surface area contributed by atoms with Crippen LogP contribution in [0.15, 0.2) is 47.5 Å². The third kappa shape index (κ3) is 3.51. The molecule has 1 aromatic carbocycles. The summed E-state index contributed by atoms with van der Waals surface area (Å²) in [7, 11) is 0. The molecule has 1 aliphatic rings. The van der Waals surface area contributed by atoms with Crippen molar-refractivity contribution in [3.63, 3.8) is 0 Å². The second kappa shape index (κ2) is 7.30. The normalized spacial score (nSPS) is 15.6. The topological polar surface area (TPSA) is 29.3 Å². The molecule has 0 radical (unpaired) electrons. The van der Waals surface area contributed by atoms with Crippen molar-refractivity contribution < 1.29 is 0 Å². The first-order valence-electron chi connectivity index (χ1n) is 8.83. The van der Waals surface area contributed by atoms with Gasteiger partial charge in [-0.05, 0) is 43.4 Å². The lowest BCUT2D eigenvalue weighted by atomic mass is 9.95. The van der Waals surface area contributed by atoms with E-state index in [4.69, 9.17) is 16.6 Å². The number of pyridine rings is 1. The first-order chi connectivity index (χ1) is 12.2. The molecule has 0 amide bonds. The molecule has 25 heavy (non-hydrogen) atoms. The number of fused-ring (bicyclic) bond motifs is 1. The zero-order valence-electron chi connectivity index (χ0n) is 14.3. The summed E-state index contributed by atoms with van der Waals surface area (Å²) >= 11 is 8.00. The molecule has 1 fully saturated rings. The van der Waals surface area contributed by atoms with Crippen molar-refractivity contribution in [1.82, 2.24) is 9.38 Å². The van der Waals surface area contributed by atoms with Gasteiger partial charge in [0.15, 0.2) is 0 Å². The standard InChI is InChI=1S/C20H22ClN3S/c1-25-17-10-7-14(8-11-17)19-20(22-16-5-3-2-4-6-16)24-13-15(21)9-12-18(24)23-19/h7-13,16,22H,2-6H2,1H3. The lowest BCUT2D eigenvalue weighted by molar-refractivity contribution is 0.462. The first-order valence-corrected chi connectivity index (χ1v) is 10.4. The van der Waals surface area contributed by atoms with Crippen molar-refractivity contribution in [2.24, 2.45) is 0 Å². The van der Waals surface area contributed by atoms with E-state index in [9.17, 15) is 0 Å². The molecule has 2 aromatic heterocycles. The van der Waals surface area contributed by atoms with Crippen molar-refractivity contribution in [2.45, 2.75) is 43.0 Å². The number of anilines is 1. The lowest BCUT2D eigenvalue weighted by Crippen LogP contribution is -2.23. The molecule has 0 unspecified atom stereocenters. The maximum atomic E-state index is 6.25. The third-order valence-electron chi connectivity index (χ3n) is 4.89. The van der Waals surface area contributed by atoms with Gasteiger partial charge in [0, 0.05) is 22.7 Å². The summed E-state index contributed by atoms with van der Waals surface area (Å²) < 4.78 is 2.09. The van der Waals surface area contributed by atoms with E-state index in [0.29, 0.717) is 6.04 Å². The fourth-order valence-corrected chi connectivity index (χ4v) is 4.12. The number of hydrogen-bond acceptors (Lipinski definition) is 3. The molecule has 3 nitrogen and oxygen atoms in total. The zero-order chi connectivity index (χ0) is 17.2. The Morgan fingerprint density at radius 1 is 1.08 bits per heavy atom. The smallest absolute Gasteiger partial charge is 0.139 e. The van der Waals surface area contributed by atoms with Crippen molar-refractivity contribution in [3.8, 4) is 11.3 Å². The lowest BCUT2D eigenvalue weighted by Gasteiger charge is -2.24. The maximum Gasteiger partial charge on any atom is 0.139 e. The number of halogens is 1. The molecule has 1 N–H and O–H groups in total. The van der Waals surface area contributed by atoms with Gasteiger partial charge in [-0.3, -0.25) is 4.40 Å².